The summed E-state index contributed by atoms with van der Waals surface area (Å²) in [5, 5.41) is 11.6. The first-order chi connectivity index (χ1) is 16.5. The van der Waals surface area contributed by atoms with Crippen molar-refractivity contribution in [2.75, 3.05) is 6.61 Å². The lowest BCUT2D eigenvalue weighted by molar-refractivity contribution is -0.117. The van der Waals surface area contributed by atoms with Crippen LogP contribution in [0.25, 0.3) is 10.9 Å². The highest BCUT2D eigenvalue weighted by Gasteiger charge is 2.20. The van der Waals surface area contributed by atoms with Crippen LogP contribution in [0.1, 0.15) is 40.4 Å². The molecule has 4 rings (SSSR count). The van der Waals surface area contributed by atoms with Crippen LogP contribution in [0.5, 0.6) is 5.88 Å². The number of aliphatic imine (C=N–C) groups is 1. The fourth-order valence-corrected chi connectivity index (χ4v) is 3.76. The highest BCUT2D eigenvalue weighted by molar-refractivity contribution is 6.22. The van der Waals surface area contributed by atoms with E-state index in [1.54, 1.807) is 25.1 Å². The van der Waals surface area contributed by atoms with E-state index in [0.29, 0.717) is 34.5 Å². The van der Waals surface area contributed by atoms with Crippen molar-refractivity contribution >= 4 is 34.2 Å². The second-order valence-electron chi connectivity index (χ2n) is 7.79. The summed E-state index contributed by atoms with van der Waals surface area (Å²) in [5.74, 6) is -0.806. The minimum absolute atomic E-state index is 0.0447. The first kappa shape index (κ1) is 22.8. The lowest BCUT2D eigenvalue weighted by atomic mass is 10.00. The molecule has 0 aliphatic rings. The number of H-pyrrole nitrogens is 1. The first-order valence-corrected chi connectivity index (χ1v) is 11.0. The molecule has 0 bridgehead atoms. The van der Waals surface area contributed by atoms with Gasteiger partial charge in [0.15, 0.2) is 5.88 Å². The molecule has 34 heavy (non-hydrogen) atoms. The monoisotopic (exact) mass is 455 g/mol. The van der Waals surface area contributed by atoms with Crippen LogP contribution in [0.15, 0.2) is 77.8 Å². The van der Waals surface area contributed by atoms with Crippen LogP contribution in [0.4, 0.5) is 5.69 Å². The number of benzene rings is 3. The predicted octanol–water partition coefficient (Wildman–Crippen LogP) is 4.64. The van der Waals surface area contributed by atoms with E-state index in [-0.39, 0.29) is 24.8 Å². The van der Waals surface area contributed by atoms with Crippen molar-refractivity contribution < 1.29 is 19.4 Å². The molecule has 172 valence electrons. The summed E-state index contributed by atoms with van der Waals surface area (Å²) >= 11 is 0. The van der Waals surface area contributed by atoms with Gasteiger partial charge >= 0.3 is 5.97 Å². The third kappa shape index (κ3) is 4.99. The number of hydrogen-bond acceptors (Lipinski definition) is 5. The maximum atomic E-state index is 12.1. The summed E-state index contributed by atoms with van der Waals surface area (Å²) in [6.07, 6.45) is 0.853. The van der Waals surface area contributed by atoms with Crippen molar-refractivity contribution in [3.8, 4) is 5.88 Å². The topological polar surface area (TPSA) is 118 Å². The Morgan fingerprint density at radius 1 is 1.00 bits per heavy atom. The van der Waals surface area contributed by atoms with Gasteiger partial charge in [0, 0.05) is 22.9 Å². The third-order valence-corrected chi connectivity index (χ3v) is 5.41. The molecular weight excluding hydrogens is 430 g/mol. The largest absolute Gasteiger partial charge is 0.494 e. The van der Waals surface area contributed by atoms with Gasteiger partial charge in [-0.2, -0.15) is 0 Å². The molecule has 0 atom stereocenters. The van der Waals surface area contributed by atoms with E-state index in [2.05, 4.69) is 4.98 Å². The molecule has 4 aromatic rings. The van der Waals surface area contributed by atoms with Crippen molar-refractivity contribution in [1.82, 2.24) is 4.98 Å². The Balaban J connectivity index is 1.79. The molecule has 0 saturated carbocycles. The number of nitrogens with one attached hydrogen (secondary N) is 1. The second kappa shape index (κ2) is 10.0. The zero-order valence-electron chi connectivity index (χ0n) is 18.7. The van der Waals surface area contributed by atoms with Crippen LogP contribution in [-0.4, -0.2) is 34.3 Å². The van der Waals surface area contributed by atoms with Crippen LogP contribution in [0, 0.1) is 0 Å². The number of aromatic hydroxyl groups is 1. The van der Waals surface area contributed by atoms with Crippen molar-refractivity contribution in [2.45, 2.75) is 19.8 Å². The number of nitrogens with zero attached hydrogens (tertiary/aromatic N) is 1. The molecule has 7 heteroatoms. The van der Waals surface area contributed by atoms with E-state index in [1.807, 2.05) is 54.6 Å². The van der Waals surface area contributed by atoms with Gasteiger partial charge in [-0.15, -0.1) is 0 Å². The summed E-state index contributed by atoms with van der Waals surface area (Å²) < 4.78 is 5.09. The molecule has 1 amide bonds. The van der Waals surface area contributed by atoms with Crippen LogP contribution in [0.3, 0.4) is 0 Å². The van der Waals surface area contributed by atoms with Crippen molar-refractivity contribution in [1.29, 1.82) is 0 Å². The fourth-order valence-electron chi connectivity index (χ4n) is 3.76. The van der Waals surface area contributed by atoms with E-state index >= 15 is 0 Å². The molecule has 0 radical (unpaired) electrons. The highest BCUT2D eigenvalue weighted by Crippen LogP contribution is 2.32. The third-order valence-electron chi connectivity index (χ3n) is 5.41. The summed E-state index contributed by atoms with van der Waals surface area (Å²) in [6.45, 7) is 2.03. The molecule has 0 saturated heterocycles. The maximum Gasteiger partial charge on any atom is 0.338 e. The van der Waals surface area contributed by atoms with E-state index in [9.17, 15) is 14.7 Å². The fraction of sp³-hybridized carbons (Fsp3) is 0.148. The minimum atomic E-state index is -0.423. The molecule has 0 aliphatic heterocycles. The minimum Gasteiger partial charge on any atom is -0.494 e. The van der Waals surface area contributed by atoms with Gasteiger partial charge < -0.3 is 20.6 Å². The standard InChI is InChI=1S/C27H25N3O4/c1-2-34-27(33)19-11-14-21-22(16-19)30-26(32)24(21)25(18-6-4-3-5-7-18)29-20-12-8-17(9-13-20)10-15-23(28)31/h3-9,11-14,16,30,32H,2,10,15H2,1H3,(H2,28,31). The van der Waals surface area contributed by atoms with Gasteiger partial charge in [0.05, 0.1) is 29.1 Å². The SMILES string of the molecule is CCOC(=O)c1ccc2c(C(=Nc3ccc(CCC(N)=O)cc3)c3ccccc3)c(O)[nH]c2c1. The molecule has 1 heterocycles. The van der Waals surface area contributed by atoms with E-state index in [0.717, 1.165) is 16.5 Å². The molecule has 0 spiro atoms. The van der Waals surface area contributed by atoms with Crippen LogP contribution in [0.2, 0.25) is 0 Å². The van der Waals surface area contributed by atoms with E-state index < -0.39 is 5.97 Å². The number of aryl methyl sites for hydroxylation is 1. The van der Waals surface area contributed by atoms with Crippen LogP contribution < -0.4 is 5.73 Å². The van der Waals surface area contributed by atoms with E-state index in [4.69, 9.17) is 15.5 Å². The predicted molar refractivity (Wildman–Crippen MR) is 132 cm³/mol. The molecule has 0 fully saturated rings. The van der Waals surface area contributed by atoms with Gasteiger partial charge in [-0.1, -0.05) is 48.5 Å². The molecule has 4 N–H and O–H groups in total. The average molecular weight is 456 g/mol. The summed E-state index contributed by atoms with van der Waals surface area (Å²) in [4.78, 5) is 31.0. The van der Waals surface area contributed by atoms with Gasteiger partial charge in [0.25, 0.3) is 0 Å². The quantitative estimate of drug-likeness (QED) is 0.265. The van der Waals surface area contributed by atoms with Gasteiger partial charge in [-0.05, 0) is 43.2 Å². The number of esters is 1. The Kier molecular flexibility index (Phi) is 6.73. The number of carbonyl (C=O) groups is 2. The lowest BCUT2D eigenvalue weighted by Gasteiger charge is -2.08. The van der Waals surface area contributed by atoms with Crippen LogP contribution >= 0.6 is 0 Å². The number of carbonyl (C=O) groups excluding carboxylic acids is 2. The zero-order valence-corrected chi connectivity index (χ0v) is 18.7. The number of primary amides is 1. The summed E-state index contributed by atoms with van der Waals surface area (Å²) in [5.41, 5.74) is 9.86. The number of hydrogen-bond donors (Lipinski definition) is 3. The van der Waals surface area contributed by atoms with Crippen molar-refractivity contribution in [3.63, 3.8) is 0 Å². The average Bonchev–Trinajstić information content (AvgIpc) is 3.17. The van der Waals surface area contributed by atoms with Crippen LogP contribution in [-0.2, 0) is 16.0 Å². The summed E-state index contributed by atoms with van der Waals surface area (Å²) in [6, 6.07) is 22.2. The number of aromatic amines is 1. The Morgan fingerprint density at radius 2 is 1.74 bits per heavy atom. The maximum absolute atomic E-state index is 12.1. The normalized spacial score (nSPS) is 11.5. The summed E-state index contributed by atoms with van der Waals surface area (Å²) in [7, 11) is 0. The van der Waals surface area contributed by atoms with Gasteiger partial charge in [0.1, 0.15) is 0 Å². The van der Waals surface area contributed by atoms with Gasteiger partial charge in [-0.25, -0.2) is 9.79 Å². The Morgan fingerprint density at radius 3 is 2.41 bits per heavy atom. The molecule has 0 unspecified atom stereocenters. The number of amides is 1. The molecule has 0 aliphatic carbocycles. The van der Waals surface area contributed by atoms with Gasteiger partial charge in [0.2, 0.25) is 5.91 Å². The Bertz CT molecular complexity index is 1360. The number of aromatic nitrogens is 1. The Hall–Kier alpha value is -4.39. The van der Waals surface area contributed by atoms with Crippen molar-refractivity contribution in [3.05, 3.63) is 95.1 Å². The second-order valence-corrected chi connectivity index (χ2v) is 7.79. The molecular formula is C27H25N3O4. The first-order valence-electron chi connectivity index (χ1n) is 11.0. The van der Waals surface area contributed by atoms with E-state index in [1.165, 1.54) is 0 Å². The van der Waals surface area contributed by atoms with Crippen molar-refractivity contribution in [2.24, 2.45) is 10.7 Å². The number of ether oxygens (including phenoxy) is 1. The zero-order chi connectivity index (χ0) is 24.1. The highest BCUT2D eigenvalue weighted by atomic mass is 16.5. The number of fused-ring (bicyclic) bond motifs is 1. The lowest BCUT2D eigenvalue weighted by Crippen LogP contribution is -2.11. The van der Waals surface area contributed by atoms with Gasteiger partial charge in [-0.3, -0.25) is 4.79 Å². The Labute approximate surface area is 196 Å². The molecule has 3 aromatic carbocycles. The smallest absolute Gasteiger partial charge is 0.338 e. The molecule has 1 aromatic heterocycles. The number of nitrogens with two attached hydrogens (primary N) is 1. The number of rotatable bonds is 8. The molecule has 7 nitrogen and oxygen atoms in total.